The molecule has 2 aliphatic heterocycles. The maximum absolute atomic E-state index is 12.9. The first-order valence-electron chi connectivity index (χ1n) is 8.10. The topological polar surface area (TPSA) is 92.9 Å². The normalized spacial score (nSPS) is 17.5. The largest absolute Gasteiger partial charge is 0.460 e. The standard InChI is InChI=1S/C19H17N3O4/c1-4-5-11-7-9-13(26-11)17-15-14(19(24)22(17)20)16(21(3)18(15)23)12-8-6-10(2)25-12/h4-9H,20H2,1-3H3/b5-4+. The highest BCUT2D eigenvalue weighted by atomic mass is 16.3. The number of hydrogen-bond donors (Lipinski definition) is 1. The van der Waals surface area contributed by atoms with Crippen LogP contribution >= 0.6 is 0 Å². The van der Waals surface area contributed by atoms with E-state index < -0.39 is 5.91 Å². The van der Waals surface area contributed by atoms with Crippen molar-refractivity contribution in [3.63, 3.8) is 0 Å². The van der Waals surface area contributed by atoms with E-state index in [2.05, 4.69) is 0 Å². The van der Waals surface area contributed by atoms with Crippen LogP contribution in [0.15, 0.2) is 50.3 Å². The first kappa shape index (κ1) is 16.2. The van der Waals surface area contributed by atoms with Gasteiger partial charge in [0.15, 0.2) is 11.5 Å². The minimum atomic E-state index is -0.472. The summed E-state index contributed by atoms with van der Waals surface area (Å²) < 4.78 is 11.4. The SMILES string of the molecule is C/C=C/c1ccc(C2=C3C(=O)N(C)C(c4ccc(C)o4)=C3C(=O)N2N)o1. The van der Waals surface area contributed by atoms with E-state index in [1.807, 2.05) is 13.0 Å². The molecule has 0 radical (unpaired) electrons. The number of carbonyl (C=O) groups excluding carboxylic acids is 2. The van der Waals surface area contributed by atoms with Crippen molar-refractivity contribution in [2.24, 2.45) is 5.84 Å². The highest BCUT2D eigenvalue weighted by molar-refractivity contribution is 6.29. The Hall–Kier alpha value is -3.32. The molecule has 0 saturated carbocycles. The quantitative estimate of drug-likeness (QED) is 0.677. The van der Waals surface area contributed by atoms with Crippen LogP contribution < -0.4 is 5.84 Å². The van der Waals surface area contributed by atoms with E-state index in [4.69, 9.17) is 14.7 Å². The Kier molecular flexibility index (Phi) is 3.48. The lowest BCUT2D eigenvalue weighted by Crippen LogP contribution is -2.33. The summed E-state index contributed by atoms with van der Waals surface area (Å²) >= 11 is 0. The number of rotatable bonds is 3. The van der Waals surface area contributed by atoms with Gasteiger partial charge in [-0.15, -0.1) is 0 Å². The lowest BCUT2D eigenvalue weighted by atomic mass is 10.1. The number of aryl methyl sites for hydroxylation is 1. The summed E-state index contributed by atoms with van der Waals surface area (Å²) in [7, 11) is 1.60. The molecule has 0 unspecified atom stereocenters. The Balaban J connectivity index is 1.95. The minimum Gasteiger partial charge on any atom is -0.460 e. The fourth-order valence-corrected chi connectivity index (χ4v) is 3.26. The highest BCUT2D eigenvalue weighted by Crippen LogP contribution is 2.45. The Labute approximate surface area is 149 Å². The Morgan fingerprint density at radius 2 is 1.62 bits per heavy atom. The van der Waals surface area contributed by atoms with E-state index in [1.165, 1.54) is 4.90 Å². The van der Waals surface area contributed by atoms with E-state index in [1.54, 1.807) is 44.3 Å². The van der Waals surface area contributed by atoms with Crippen molar-refractivity contribution in [3.8, 4) is 0 Å². The van der Waals surface area contributed by atoms with Crippen LogP contribution in [0.25, 0.3) is 17.5 Å². The van der Waals surface area contributed by atoms with Crippen LogP contribution in [0.2, 0.25) is 0 Å². The van der Waals surface area contributed by atoms with E-state index in [9.17, 15) is 9.59 Å². The number of nitrogens with two attached hydrogens (primary N) is 1. The number of amides is 2. The average molecular weight is 351 g/mol. The van der Waals surface area contributed by atoms with E-state index in [0.717, 1.165) is 5.01 Å². The van der Waals surface area contributed by atoms with Crippen molar-refractivity contribution in [1.29, 1.82) is 0 Å². The van der Waals surface area contributed by atoms with Gasteiger partial charge in [-0.1, -0.05) is 6.08 Å². The molecule has 26 heavy (non-hydrogen) atoms. The van der Waals surface area contributed by atoms with Crippen LogP contribution in [-0.4, -0.2) is 28.8 Å². The van der Waals surface area contributed by atoms with Crippen molar-refractivity contribution in [2.75, 3.05) is 7.05 Å². The predicted octanol–water partition coefficient (Wildman–Crippen LogP) is 2.52. The molecule has 7 nitrogen and oxygen atoms in total. The summed E-state index contributed by atoms with van der Waals surface area (Å²) in [4.78, 5) is 27.1. The molecule has 7 heteroatoms. The molecule has 132 valence electrons. The monoisotopic (exact) mass is 351 g/mol. The third-order valence-corrected chi connectivity index (χ3v) is 4.42. The molecule has 2 amide bonds. The Bertz CT molecular complexity index is 1030. The predicted molar refractivity (Wildman–Crippen MR) is 94.5 cm³/mol. The van der Waals surface area contributed by atoms with Crippen LogP contribution in [0, 0.1) is 6.92 Å². The zero-order valence-electron chi connectivity index (χ0n) is 14.6. The van der Waals surface area contributed by atoms with Crippen LogP contribution in [0.1, 0.15) is 30.0 Å². The molecular formula is C19H17N3O4. The van der Waals surface area contributed by atoms with Gasteiger partial charge in [-0.3, -0.25) is 9.59 Å². The lowest BCUT2D eigenvalue weighted by molar-refractivity contribution is -0.123. The van der Waals surface area contributed by atoms with Crippen LogP contribution in [0.4, 0.5) is 0 Å². The fraction of sp³-hybridized carbons (Fsp3) is 0.158. The second-order valence-corrected chi connectivity index (χ2v) is 6.10. The molecule has 0 spiro atoms. The van der Waals surface area contributed by atoms with Gasteiger partial charge in [0.05, 0.1) is 11.1 Å². The molecule has 0 fully saturated rings. The molecule has 2 aliphatic rings. The van der Waals surface area contributed by atoms with E-state index in [0.29, 0.717) is 28.7 Å². The number of furan rings is 2. The summed E-state index contributed by atoms with van der Waals surface area (Å²) in [5.41, 5.74) is 1.13. The van der Waals surface area contributed by atoms with Gasteiger partial charge in [-0.05, 0) is 44.2 Å². The van der Waals surface area contributed by atoms with Gasteiger partial charge < -0.3 is 13.7 Å². The molecule has 4 heterocycles. The molecule has 0 bridgehead atoms. The smallest absolute Gasteiger partial charge is 0.275 e. The first-order chi connectivity index (χ1) is 12.4. The zero-order chi connectivity index (χ0) is 18.6. The van der Waals surface area contributed by atoms with Gasteiger partial charge in [0.25, 0.3) is 11.8 Å². The van der Waals surface area contributed by atoms with Gasteiger partial charge in [0.2, 0.25) is 0 Å². The van der Waals surface area contributed by atoms with Crippen molar-refractivity contribution in [3.05, 3.63) is 64.5 Å². The van der Waals surface area contributed by atoms with Gasteiger partial charge in [-0.25, -0.2) is 10.9 Å². The van der Waals surface area contributed by atoms with Crippen molar-refractivity contribution >= 4 is 29.3 Å². The average Bonchev–Trinajstić information content (AvgIpc) is 3.34. The summed E-state index contributed by atoms with van der Waals surface area (Å²) in [6, 6.07) is 6.95. The second-order valence-electron chi connectivity index (χ2n) is 6.10. The molecular weight excluding hydrogens is 334 g/mol. The maximum atomic E-state index is 12.9. The van der Waals surface area contributed by atoms with E-state index in [-0.39, 0.29) is 22.8 Å². The molecule has 0 aliphatic carbocycles. The van der Waals surface area contributed by atoms with E-state index >= 15 is 0 Å². The van der Waals surface area contributed by atoms with Gasteiger partial charge in [0, 0.05) is 7.05 Å². The fourth-order valence-electron chi connectivity index (χ4n) is 3.26. The van der Waals surface area contributed by atoms with Gasteiger partial charge in [0.1, 0.15) is 22.9 Å². The highest BCUT2D eigenvalue weighted by Gasteiger charge is 2.48. The van der Waals surface area contributed by atoms with Crippen molar-refractivity contribution in [2.45, 2.75) is 13.8 Å². The van der Waals surface area contributed by atoms with Gasteiger partial charge >= 0.3 is 0 Å². The molecule has 2 aromatic heterocycles. The molecule has 2 aromatic rings. The number of allylic oxidation sites excluding steroid dienone is 1. The third kappa shape index (κ3) is 2.11. The van der Waals surface area contributed by atoms with Crippen LogP contribution in [0.3, 0.4) is 0 Å². The van der Waals surface area contributed by atoms with Gasteiger partial charge in [-0.2, -0.15) is 0 Å². The van der Waals surface area contributed by atoms with Crippen molar-refractivity contribution < 1.29 is 18.4 Å². The second kappa shape index (κ2) is 5.60. The number of hydrazine groups is 1. The summed E-state index contributed by atoms with van der Waals surface area (Å²) in [6.07, 6.45) is 3.61. The molecule has 2 N–H and O–H groups in total. The zero-order valence-corrected chi connectivity index (χ0v) is 14.6. The Morgan fingerprint density at radius 1 is 0.962 bits per heavy atom. The number of fused-ring (bicyclic) bond motifs is 1. The number of carbonyl (C=O) groups is 2. The van der Waals surface area contributed by atoms with Crippen LogP contribution in [-0.2, 0) is 9.59 Å². The lowest BCUT2D eigenvalue weighted by Gasteiger charge is -2.17. The molecule has 4 rings (SSSR count). The summed E-state index contributed by atoms with van der Waals surface area (Å²) in [5.74, 6) is 7.29. The molecule has 0 saturated heterocycles. The number of likely N-dealkylation sites (N-methyl/N-ethyl adjacent to an activating group) is 1. The molecule has 0 atom stereocenters. The maximum Gasteiger partial charge on any atom is 0.275 e. The first-order valence-corrected chi connectivity index (χ1v) is 8.10. The Morgan fingerprint density at radius 3 is 2.27 bits per heavy atom. The summed E-state index contributed by atoms with van der Waals surface area (Å²) in [6.45, 7) is 3.66. The number of hydrogen-bond acceptors (Lipinski definition) is 5. The third-order valence-electron chi connectivity index (χ3n) is 4.42. The summed E-state index contributed by atoms with van der Waals surface area (Å²) in [5, 5.41) is 0.962. The van der Waals surface area contributed by atoms with Crippen LogP contribution in [0.5, 0.6) is 0 Å². The number of nitrogens with zero attached hydrogens (tertiary/aromatic N) is 2. The molecule has 0 aromatic carbocycles. The van der Waals surface area contributed by atoms with Crippen molar-refractivity contribution in [1.82, 2.24) is 9.91 Å². The minimum absolute atomic E-state index is 0.227.